The number of hydrogen-bond donors (Lipinski definition) is 2. The Bertz CT molecular complexity index is 58.5. The first-order chi connectivity index (χ1) is 4.85. The molecule has 0 atom stereocenters. The Morgan fingerprint density at radius 2 is 1.50 bits per heavy atom. The molecule has 0 spiro atoms. The van der Waals surface area contributed by atoms with E-state index < -0.39 is 0 Å². The fourth-order valence-electron chi connectivity index (χ4n) is 0.738. The summed E-state index contributed by atoms with van der Waals surface area (Å²) in [6.45, 7) is 2.64. The Kier molecular flexibility index (Phi) is 8.18. The van der Waals surface area contributed by atoms with Crippen molar-refractivity contribution in [2.24, 2.45) is 0 Å². The van der Waals surface area contributed by atoms with Crippen LogP contribution in [0, 0.1) is 0 Å². The van der Waals surface area contributed by atoms with Gasteiger partial charge in [-0.05, 0) is 0 Å². The van der Waals surface area contributed by atoms with Gasteiger partial charge >= 0.3 is 0 Å². The molecule has 0 unspecified atom stereocenters. The average Bonchev–Trinajstić information content (AvgIpc) is 1.90. The zero-order valence-electron chi connectivity index (χ0n) is 5.96. The number of hydrogen-bond acceptors (Lipinski definition) is 3. The second kappa shape index (κ2) is 7.71. The second-order valence-corrected chi connectivity index (χ2v) is 3.06. The molecule has 2 N–H and O–H groups in total. The Morgan fingerprint density at radius 1 is 1.00 bits per heavy atom. The van der Waals surface area contributed by atoms with E-state index in [4.69, 9.17) is 10.2 Å². The van der Waals surface area contributed by atoms with Crippen molar-refractivity contribution >= 4 is 22.6 Å². The first-order valence-corrected chi connectivity index (χ1v) is 4.87. The molecule has 10 heavy (non-hydrogen) atoms. The maximum atomic E-state index is 8.56. The lowest BCUT2D eigenvalue weighted by atomic mass is 10.5. The lowest BCUT2D eigenvalue weighted by Crippen LogP contribution is -2.31. The van der Waals surface area contributed by atoms with E-state index in [9.17, 15) is 0 Å². The Hall–Kier alpha value is 0.610. The number of halogens is 1. The third-order valence-corrected chi connectivity index (χ3v) is 1.72. The molecule has 0 aliphatic carbocycles. The first kappa shape index (κ1) is 10.6. The maximum Gasteiger partial charge on any atom is 0.0558 e. The van der Waals surface area contributed by atoms with Gasteiger partial charge in [-0.3, -0.25) is 4.90 Å². The first-order valence-electron chi connectivity index (χ1n) is 3.35. The Labute approximate surface area is 75.2 Å². The fourth-order valence-corrected chi connectivity index (χ4v) is 1.42. The highest BCUT2D eigenvalue weighted by atomic mass is 127. The summed E-state index contributed by atoms with van der Waals surface area (Å²) in [4.78, 5) is 2.03. The molecule has 0 aromatic heterocycles. The minimum atomic E-state index is 0.177. The molecular weight excluding hydrogens is 245 g/mol. The zero-order valence-corrected chi connectivity index (χ0v) is 8.12. The molecule has 3 nitrogen and oxygen atoms in total. The Balaban J connectivity index is 3.30. The third kappa shape index (κ3) is 5.40. The molecule has 0 heterocycles. The predicted octanol–water partition coefficient (Wildman–Crippen LogP) is -0.292. The van der Waals surface area contributed by atoms with E-state index in [1.54, 1.807) is 0 Å². The third-order valence-electron chi connectivity index (χ3n) is 1.23. The summed E-state index contributed by atoms with van der Waals surface area (Å²) in [7, 11) is 0. The highest BCUT2D eigenvalue weighted by Crippen LogP contribution is 1.89. The van der Waals surface area contributed by atoms with Crippen LogP contribution in [0.3, 0.4) is 0 Å². The van der Waals surface area contributed by atoms with Gasteiger partial charge in [-0.1, -0.05) is 22.6 Å². The summed E-state index contributed by atoms with van der Waals surface area (Å²) < 4.78 is 1.04. The molecule has 62 valence electrons. The largest absolute Gasteiger partial charge is 0.395 e. The monoisotopic (exact) mass is 259 g/mol. The van der Waals surface area contributed by atoms with Crippen molar-refractivity contribution in [3.05, 3.63) is 0 Å². The van der Waals surface area contributed by atoms with Crippen LogP contribution in [-0.2, 0) is 0 Å². The van der Waals surface area contributed by atoms with E-state index in [1.165, 1.54) is 0 Å². The summed E-state index contributed by atoms with van der Waals surface area (Å²) in [5.41, 5.74) is 0. The molecule has 0 aliphatic rings. The SMILES string of the molecule is OCCN(CCO)CCI. The van der Waals surface area contributed by atoms with Crippen molar-refractivity contribution in [1.82, 2.24) is 4.90 Å². The van der Waals surface area contributed by atoms with Crippen LogP contribution < -0.4 is 0 Å². The van der Waals surface area contributed by atoms with Crippen LogP contribution in [-0.4, -0.2) is 52.4 Å². The number of alkyl halides is 1. The van der Waals surface area contributed by atoms with Gasteiger partial charge in [0, 0.05) is 24.1 Å². The van der Waals surface area contributed by atoms with Crippen molar-refractivity contribution in [3.63, 3.8) is 0 Å². The van der Waals surface area contributed by atoms with E-state index in [-0.39, 0.29) is 13.2 Å². The van der Waals surface area contributed by atoms with E-state index in [0.29, 0.717) is 13.1 Å². The second-order valence-electron chi connectivity index (χ2n) is 1.98. The molecule has 0 bridgehead atoms. The van der Waals surface area contributed by atoms with E-state index in [0.717, 1.165) is 11.0 Å². The average molecular weight is 259 g/mol. The smallest absolute Gasteiger partial charge is 0.0558 e. The van der Waals surface area contributed by atoms with Crippen molar-refractivity contribution in [3.8, 4) is 0 Å². The summed E-state index contributed by atoms with van der Waals surface area (Å²) in [5, 5.41) is 17.1. The van der Waals surface area contributed by atoms with E-state index in [1.807, 2.05) is 4.90 Å². The van der Waals surface area contributed by atoms with Gasteiger partial charge in [0.2, 0.25) is 0 Å². The van der Waals surface area contributed by atoms with Crippen molar-refractivity contribution in [1.29, 1.82) is 0 Å². The topological polar surface area (TPSA) is 43.7 Å². The van der Waals surface area contributed by atoms with Gasteiger partial charge in [0.1, 0.15) is 0 Å². The van der Waals surface area contributed by atoms with Gasteiger partial charge < -0.3 is 10.2 Å². The summed E-state index contributed by atoms with van der Waals surface area (Å²) >= 11 is 2.28. The van der Waals surface area contributed by atoms with Gasteiger partial charge in [0.25, 0.3) is 0 Å². The van der Waals surface area contributed by atoms with Crippen LogP contribution in [0.15, 0.2) is 0 Å². The molecule has 0 saturated heterocycles. The van der Waals surface area contributed by atoms with Gasteiger partial charge in [-0.2, -0.15) is 0 Å². The predicted molar refractivity (Wildman–Crippen MR) is 49.5 cm³/mol. The molecule has 0 aromatic carbocycles. The molecular formula is C6H14INO2. The zero-order chi connectivity index (χ0) is 7.82. The van der Waals surface area contributed by atoms with E-state index >= 15 is 0 Å². The molecule has 0 aromatic rings. The fraction of sp³-hybridized carbons (Fsp3) is 1.00. The minimum absolute atomic E-state index is 0.177. The lowest BCUT2D eigenvalue weighted by Gasteiger charge is -2.17. The highest BCUT2D eigenvalue weighted by Gasteiger charge is 2.00. The van der Waals surface area contributed by atoms with Gasteiger partial charge in [0.05, 0.1) is 13.2 Å². The molecule has 0 fully saturated rings. The van der Waals surface area contributed by atoms with Crippen LogP contribution >= 0.6 is 22.6 Å². The van der Waals surface area contributed by atoms with Gasteiger partial charge in [-0.25, -0.2) is 0 Å². The lowest BCUT2D eigenvalue weighted by molar-refractivity contribution is 0.168. The number of nitrogens with zero attached hydrogens (tertiary/aromatic N) is 1. The Morgan fingerprint density at radius 3 is 1.80 bits per heavy atom. The van der Waals surface area contributed by atoms with Crippen LogP contribution in [0.2, 0.25) is 0 Å². The van der Waals surface area contributed by atoms with Crippen molar-refractivity contribution in [2.45, 2.75) is 0 Å². The van der Waals surface area contributed by atoms with Gasteiger partial charge in [0.15, 0.2) is 0 Å². The summed E-state index contributed by atoms with van der Waals surface area (Å²) in [5.74, 6) is 0. The highest BCUT2D eigenvalue weighted by molar-refractivity contribution is 14.1. The van der Waals surface area contributed by atoms with Crippen LogP contribution in [0.1, 0.15) is 0 Å². The molecule has 0 aliphatic heterocycles. The normalized spacial score (nSPS) is 10.8. The standard InChI is InChI=1S/C6H14INO2/c7-1-2-8(3-5-9)4-6-10/h9-10H,1-6H2. The maximum absolute atomic E-state index is 8.56. The minimum Gasteiger partial charge on any atom is -0.395 e. The molecule has 0 saturated carbocycles. The van der Waals surface area contributed by atoms with Crippen LogP contribution in [0.4, 0.5) is 0 Å². The van der Waals surface area contributed by atoms with Crippen molar-refractivity contribution in [2.75, 3.05) is 37.3 Å². The molecule has 0 amide bonds. The van der Waals surface area contributed by atoms with E-state index in [2.05, 4.69) is 22.6 Å². The number of aliphatic hydroxyl groups is 2. The number of rotatable bonds is 6. The molecule has 0 rings (SSSR count). The van der Waals surface area contributed by atoms with Crippen LogP contribution in [0.25, 0.3) is 0 Å². The van der Waals surface area contributed by atoms with Crippen molar-refractivity contribution < 1.29 is 10.2 Å². The number of aliphatic hydroxyl groups excluding tert-OH is 2. The quantitative estimate of drug-likeness (QED) is 0.509. The summed E-state index contributed by atoms with van der Waals surface area (Å²) in [6, 6.07) is 0. The van der Waals surface area contributed by atoms with Gasteiger partial charge in [-0.15, -0.1) is 0 Å². The molecule has 0 radical (unpaired) electrons. The molecule has 4 heteroatoms. The van der Waals surface area contributed by atoms with Crippen LogP contribution in [0.5, 0.6) is 0 Å². The summed E-state index contributed by atoms with van der Waals surface area (Å²) in [6.07, 6.45) is 0.